The summed E-state index contributed by atoms with van der Waals surface area (Å²) in [5.41, 5.74) is -0.806. The molecular weight excluding hydrogens is 294 g/mol. The molecule has 1 unspecified atom stereocenters. The molecule has 114 valence electrons. The van der Waals surface area contributed by atoms with Crippen LogP contribution in [0.3, 0.4) is 0 Å². The minimum Gasteiger partial charge on any atom is -0.480 e. The second-order valence-corrected chi connectivity index (χ2v) is 7.48. The molecule has 0 aromatic carbocycles. The molecule has 0 aliphatic heterocycles. The van der Waals surface area contributed by atoms with E-state index >= 15 is 0 Å². The lowest BCUT2D eigenvalue weighted by molar-refractivity contribution is -0.144. The third-order valence-corrected chi connectivity index (χ3v) is 5.10. The van der Waals surface area contributed by atoms with E-state index in [0.717, 1.165) is 40.9 Å². The van der Waals surface area contributed by atoms with Gasteiger partial charge in [-0.3, -0.25) is 4.79 Å². The number of thioether (sulfide) groups is 1. The number of hydrogen-bond acceptors (Lipinski definition) is 6. The average Bonchev–Trinajstić information content (AvgIpc) is 2.81. The van der Waals surface area contributed by atoms with Crippen LogP contribution in [0.5, 0.6) is 0 Å². The lowest BCUT2D eigenvalue weighted by atomic mass is 9.95. The number of nitrogens with one attached hydrogen (secondary N) is 1. The maximum absolute atomic E-state index is 11.3. The smallest absolute Gasteiger partial charge is 0.323 e. The lowest BCUT2D eigenvalue weighted by Gasteiger charge is -2.26. The van der Waals surface area contributed by atoms with Crippen molar-refractivity contribution in [3.05, 3.63) is 5.01 Å². The van der Waals surface area contributed by atoms with Crippen LogP contribution in [0, 0.1) is 6.92 Å². The number of rotatable bonds is 10. The van der Waals surface area contributed by atoms with Crippen molar-refractivity contribution in [1.29, 1.82) is 0 Å². The second-order valence-electron chi connectivity index (χ2n) is 4.96. The number of hydrogen-bond donors (Lipinski definition) is 2. The fourth-order valence-corrected chi connectivity index (χ4v) is 3.63. The number of unbranched alkanes of at least 4 members (excludes halogenated alkanes) is 1. The summed E-state index contributed by atoms with van der Waals surface area (Å²) in [5, 5.41) is 21.5. The molecule has 0 saturated heterocycles. The molecule has 0 spiro atoms. The standard InChI is InChI=1S/C13H23N3O2S2/c1-4-8-14-13(3,11(17)18)7-5-6-9-19-12-16-15-10(2)20-12/h14H,4-9H2,1-3H3,(H,17,18). The van der Waals surface area contributed by atoms with Crippen molar-refractivity contribution in [2.45, 2.75) is 56.3 Å². The maximum Gasteiger partial charge on any atom is 0.323 e. The van der Waals surface area contributed by atoms with Gasteiger partial charge in [0.25, 0.3) is 0 Å². The topological polar surface area (TPSA) is 75.1 Å². The van der Waals surface area contributed by atoms with Crippen LogP contribution in [0.2, 0.25) is 0 Å². The van der Waals surface area contributed by atoms with Crippen LogP contribution < -0.4 is 5.32 Å². The second kappa shape index (κ2) is 8.59. The van der Waals surface area contributed by atoms with E-state index in [4.69, 9.17) is 0 Å². The minimum atomic E-state index is -0.806. The molecule has 5 nitrogen and oxygen atoms in total. The molecule has 0 saturated carbocycles. The number of aliphatic carboxylic acids is 1. The predicted octanol–water partition coefficient (Wildman–Crippen LogP) is 2.95. The monoisotopic (exact) mass is 317 g/mol. The van der Waals surface area contributed by atoms with Crippen LogP contribution >= 0.6 is 23.1 Å². The molecule has 1 aromatic heterocycles. The van der Waals surface area contributed by atoms with Gasteiger partial charge in [0.05, 0.1) is 0 Å². The van der Waals surface area contributed by atoms with Crippen LogP contribution in [0.1, 0.15) is 44.5 Å². The van der Waals surface area contributed by atoms with Gasteiger partial charge in [-0.15, -0.1) is 10.2 Å². The van der Waals surface area contributed by atoms with Gasteiger partial charge in [0.1, 0.15) is 10.5 Å². The van der Waals surface area contributed by atoms with Gasteiger partial charge in [0.15, 0.2) is 4.34 Å². The highest BCUT2D eigenvalue weighted by atomic mass is 32.2. The summed E-state index contributed by atoms with van der Waals surface area (Å²) in [6.07, 6.45) is 3.47. The Labute approximate surface area is 128 Å². The molecule has 1 atom stereocenters. The molecule has 0 aliphatic carbocycles. The molecule has 2 N–H and O–H groups in total. The largest absolute Gasteiger partial charge is 0.480 e. The Kier molecular flexibility index (Phi) is 7.47. The van der Waals surface area contributed by atoms with Crippen LogP contribution in [0.25, 0.3) is 0 Å². The Morgan fingerprint density at radius 3 is 2.75 bits per heavy atom. The molecule has 0 bridgehead atoms. The van der Waals surface area contributed by atoms with Crippen LogP contribution in [0.4, 0.5) is 0 Å². The summed E-state index contributed by atoms with van der Waals surface area (Å²) in [4.78, 5) is 11.3. The fourth-order valence-electron chi connectivity index (χ4n) is 1.75. The number of aromatic nitrogens is 2. The molecule has 7 heteroatoms. The van der Waals surface area contributed by atoms with E-state index in [0.29, 0.717) is 6.42 Å². The van der Waals surface area contributed by atoms with Gasteiger partial charge >= 0.3 is 5.97 Å². The molecular formula is C13H23N3O2S2. The predicted molar refractivity (Wildman–Crippen MR) is 83.6 cm³/mol. The van der Waals surface area contributed by atoms with Crippen molar-refractivity contribution in [1.82, 2.24) is 15.5 Å². The van der Waals surface area contributed by atoms with Gasteiger partial charge in [-0.1, -0.05) is 36.4 Å². The van der Waals surface area contributed by atoms with Gasteiger partial charge < -0.3 is 10.4 Å². The summed E-state index contributed by atoms with van der Waals surface area (Å²) < 4.78 is 0.993. The van der Waals surface area contributed by atoms with Crippen LogP contribution in [-0.2, 0) is 4.79 Å². The highest BCUT2D eigenvalue weighted by Crippen LogP contribution is 2.24. The summed E-state index contributed by atoms with van der Waals surface area (Å²) in [6.45, 7) is 6.49. The third-order valence-electron chi connectivity index (χ3n) is 3.04. The zero-order valence-corrected chi connectivity index (χ0v) is 13.9. The van der Waals surface area contributed by atoms with Gasteiger partial charge in [0, 0.05) is 5.75 Å². The van der Waals surface area contributed by atoms with Gasteiger partial charge in [-0.2, -0.15) is 0 Å². The lowest BCUT2D eigenvalue weighted by Crippen LogP contribution is -2.49. The van der Waals surface area contributed by atoms with E-state index in [1.165, 1.54) is 0 Å². The average molecular weight is 317 g/mol. The molecule has 1 heterocycles. The Hall–Kier alpha value is -0.660. The van der Waals surface area contributed by atoms with Crippen molar-refractivity contribution >= 4 is 29.1 Å². The zero-order valence-electron chi connectivity index (χ0n) is 12.3. The first-order valence-corrected chi connectivity index (χ1v) is 8.69. The van der Waals surface area contributed by atoms with Crippen molar-refractivity contribution in [3.8, 4) is 0 Å². The summed E-state index contributed by atoms with van der Waals surface area (Å²) in [7, 11) is 0. The van der Waals surface area contributed by atoms with E-state index in [1.54, 1.807) is 30.0 Å². The molecule has 0 radical (unpaired) electrons. The highest BCUT2D eigenvalue weighted by Gasteiger charge is 2.31. The summed E-state index contributed by atoms with van der Waals surface area (Å²) >= 11 is 3.30. The van der Waals surface area contributed by atoms with E-state index < -0.39 is 11.5 Å². The van der Waals surface area contributed by atoms with Crippen molar-refractivity contribution in [3.63, 3.8) is 0 Å². The number of carboxylic acid groups (broad SMARTS) is 1. The molecule has 20 heavy (non-hydrogen) atoms. The van der Waals surface area contributed by atoms with Crippen LogP contribution in [-0.4, -0.2) is 39.1 Å². The first-order chi connectivity index (χ1) is 9.48. The molecule has 1 rings (SSSR count). The van der Waals surface area contributed by atoms with Gasteiger partial charge in [0.2, 0.25) is 0 Å². The quantitative estimate of drug-likeness (QED) is 0.510. The molecule has 1 aromatic rings. The first-order valence-electron chi connectivity index (χ1n) is 6.89. The maximum atomic E-state index is 11.3. The first kappa shape index (κ1) is 17.4. The Morgan fingerprint density at radius 2 is 2.20 bits per heavy atom. The Bertz CT molecular complexity index is 426. The summed E-state index contributed by atoms with van der Waals surface area (Å²) in [5.74, 6) is 0.191. The van der Waals surface area contributed by atoms with E-state index in [9.17, 15) is 9.90 Å². The fraction of sp³-hybridized carbons (Fsp3) is 0.769. The molecule has 0 aliphatic rings. The molecule has 0 amide bonds. The number of aryl methyl sites for hydroxylation is 1. The third kappa shape index (κ3) is 5.76. The van der Waals surface area contributed by atoms with Crippen molar-refractivity contribution in [2.75, 3.05) is 12.3 Å². The van der Waals surface area contributed by atoms with Gasteiger partial charge in [-0.25, -0.2) is 0 Å². The van der Waals surface area contributed by atoms with Crippen molar-refractivity contribution in [2.24, 2.45) is 0 Å². The number of carboxylic acids is 1. The van der Waals surface area contributed by atoms with Gasteiger partial charge in [-0.05, 0) is 39.7 Å². The highest BCUT2D eigenvalue weighted by molar-refractivity contribution is 8.01. The normalized spacial score (nSPS) is 14.2. The minimum absolute atomic E-state index is 0.651. The van der Waals surface area contributed by atoms with E-state index in [2.05, 4.69) is 15.5 Å². The number of nitrogens with zero attached hydrogens (tertiary/aromatic N) is 2. The summed E-state index contributed by atoms with van der Waals surface area (Å²) in [6, 6.07) is 0. The molecule has 0 fully saturated rings. The van der Waals surface area contributed by atoms with Crippen molar-refractivity contribution < 1.29 is 9.90 Å². The van der Waals surface area contributed by atoms with E-state index in [-0.39, 0.29) is 0 Å². The van der Waals surface area contributed by atoms with Crippen LogP contribution in [0.15, 0.2) is 4.34 Å². The van der Waals surface area contributed by atoms with E-state index in [1.807, 2.05) is 13.8 Å². The SMILES string of the molecule is CCCNC(C)(CCCCSc1nnc(C)s1)C(=O)O. The zero-order chi connectivity index (χ0) is 15.0. The number of carbonyl (C=O) groups is 1. The Morgan fingerprint density at radius 1 is 1.45 bits per heavy atom. The Balaban J connectivity index is 2.25.